The van der Waals surface area contributed by atoms with Gasteiger partial charge in [-0.25, -0.2) is 4.98 Å². The smallest absolute Gasteiger partial charge is 0.100 e. The zero-order chi connectivity index (χ0) is 16.2. The maximum atomic E-state index is 9.65. The van der Waals surface area contributed by atoms with Crippen LogP contribution in [0.2, 0.25) is 0 Å². The van der Waals surface area contributed by atoms with Crippen molar-refractivity contribution in [3.8, 4) is 5.69 Å². The van der Waals surface area contributed by atoms with E-state index < -0.39 is 0 Å². The molecule has 0 aliphatic carbocycles. The number of nitrogens with one attached hydrogen (secondary N) is 1. The topological polar surface area (TPSA) is 50.1 Å². The summed E-state index contributed by atoms with van der Waals surface area (Å²) in [6.07, 6.45) is 2.64. The van der Waals surface area contributed by atoms with E-state index in [4.69, 9.17) is 0 Å². The number of benzene rings is 2. The van der Waals surface area contributed by atoms with Gasteiger partial charge in [0.25, 0.3) is 0 Å². The lowest BCUT2D eigenvalue weighted by Gasteiger charge is -2.21. The molecule has 1 atom stereocenters. The zero-order valence-electron chi connectivity index (χ0n) is 13.6. The van der Waals surface area contributed by atoms with Crippen molar-refractivity contribution in [1.29, 1.82) is 0 Å². The maximum Gasteiger partial charge on any atom is 0.100 e. The van der Waals surface area contributed by atoms with E-state index in [1.165, 1.54) is 5.56 Å². The van der Waals surface area contributed by atoms with Crippen LogP contribution in [0, 0.1) is 0 Å². The molecule has 2 aromatic carbocycles. The third-order valence-electron chi connectivity index (χ3n) is 3.96. The number of hydrogen-bond donors (Lipinski definition) is 2. The van der Waals surface area contributed by atoms with Crippen molar-refractivity contribution in [2.45, 2.75) is 32.4 Å². The Morgan fingerprint density at radius 3 is 2.61 bits per heavy atom. The van der Waals surface area contributed by atoms with Crippen LogP contribution in [0.4, 0.5) is 0 Å². The van der Waals surface area contributed by atoms with Gasteiger partial charge in [-0.3, -0.25) is 4.57 Å². The minimum atomic E-state index is 0.0472. The van der Waals surface area contributed by atoms with Crippen molar-refractivity contribution in [1.82, 2.24) is 14.9 Å². The number of nitrogens with zero attached hydrogens (tertiary/aromatic N) is 2. The maximum absolute atomic E-state index is 9.65. The van der Waals surface area contributed by atoms with Crippen molar-refractivity contribution in [2.24, 2.45) is 0 Å². The SMILES string of the molecule is CC(C)NC(CO)Cc1ccccc1-n1cnc2ccccc21. The first-order chi connectivity index (χ1) is 11.2. The number of para-hydroxylation sites is 3. The van der Waals surface area contributed by atoms with Crippen LogP contribution in [0.5, 0.6) is 0 Å². The van der Waals surface area contributed by atoms with Gasteiger partial charge in [0.1, 0.15) is 6.33 Å². The number of aliphatic hydroxyl groups excluding tert-OH is 1. The largest absolute Gasteiger partial charge is 0.395 e. The number of imidazole rings is 1. The zero-order valence-corrected chi connectivity index (χ0v) is 13.6. The number of aromatic nitrogens is 2. The molecule has 0 bridgehead atoms. The average Bonchev–Trinajstić information content (AvgIpc) is 2.98. The van der Waals surface area contributed by atoms with Crippen LogP contribution in [0.25, 0.3) is 16.7 Å². The molecule has 1 unspecified atom stereocenters. The summed E-state index contributed by atoms with van der Waals surface area (Å²) in [6.45, 7) is 4.31. The number of rotatable bonds is 6. The molecule has 0 amide bonds. The van der Waals surface area contributed by atoms with Gasteiger partial charge in [0.2, 0.25) is 0 Å². The summed E-state index contributed by atoms with van der Waals surface area (Å²) in [6, 6.07) is 16.8. The second-order valence-corrected chi connectivity index (χ2v) is 6.14. The van der Waals surface area contributed by atoms with Gasteiger partial charge in [0.05, 0.1) is 23.3 Å². The molecule has 23 heavy (non-hydrogen) atoms. The van der Waals surface area contributed by atoms with Gasteiger partial charge >= 0.3 is 0 Å². The van der Waals surface area contributed by atoms with Crippen LogP contribution in [0.1, 0.15) is 19.4 Å². The fourth-order valence-corrected chi connectivity index (χ4v) is 2.98. The molecule has 3 aromatic rings. The Morgan fingerprint density at radius 1 is 1.09 bits per heavy atom. The van der Waals surface area contributed by atoms with E-state index >= 15 is 0 Å². The van der Waals surface area contributed by atoms with E-state index in [1.807, 2.05) is 36.7 Å². The molecule has 1 aromatic heterocycles. The molecule has 0 aliphatic heterocycles. The standard InChI is InChI=1S/C19H23N3O/c1-14(2)21-16(12-23)11-15-7-3-5-9-18(15)22-13-20-17-8-4-6-10-19(17)22/h3-10,13-14,16,21,23H,11-12H2,1-2H3. The highest BCUT2D eigenvalue weighted by atomic mass is 16.3. The molecular formula is C19H23N3O. The summed E-state index contributed by atoms with van der Waals surface area (Å²) in [5, 5.41) is 13.1. The molecule has 4 nitrogen and oxygen atoms in total. The van der Waals surface area contributed by atoms with E-state index in [1.54, 1.807) is 0 Å². The van der Waals surface area contributed by atoms with E-state index in [-0.39, 0.29) is 12.6 Å². The molecule has 0 radical (unpaired) electrons. The van der Waals surface area contributed by atoms with Crippen molar-refractivity contribution in [2.75, 3.05) is 6.61 Å². The summed E-state index contributed by atoms with van der Waals surface area (Å²) in [5.74, 6) is 0. The predicted molar refractivity (Wildman–Crippen MR) is 93.9 cm³/mol. The van der Waals surface area contributed by atoms with Crippen LogP contribution >= 0.6 is 0 Å². The Bertz CT molecular complexity index is 779. The summed E-state index contributed by atoms with van der Waals surface area (Å²) in [5.41, 5.74) is 4.40. The van der Waals surface area contributed by atoms with Crippen LogP contribution in [-0.2, 0) is 6.42 Å². The van der Waals surface area contributed by atoms with Crippen LogP contribution in [-0.4, -0.2) is 33.3 Å². The monoisotopic (exact) mass is 309 g/mol. The lowest BCUT2D eigenvalue weighted by molar-refractivity contribution is 0.234. The lowest BCUT2D eigenvalue weighted by Crippen LogP contribution is -2.39. The highest BCUT2D eigenvalue weighted by molar-refractivity contribution is 5.77. The fraction of sp³-hybridized carbons (Fsp3) is 0.316. The minimum absolute atomic E-state index is 0.0472. The van der Waals surface area contributed by atoms with Gasteiger partial charge in [-0.15, -0.1) is 0 Å². The van der Waals surface area contributed by atoms with E-state index in [0.717, 1.165) is 23.1 Å². The third kappa shape index (κ3) is 3.44. The summed E-state index contributed by atoms with van der Waals surface area (Å²) >= 11 is 0. The third-order valence-corrected chi connectivity index (χ3v) is 3.96. The van der Waals surface area contributed by atoms with Gasteiger partial charge in [-0.05, 0) is 30.2 Å². The van der Waals surface area contributed by atoms with Crippen LogP contribution in [0.15, 0.2) is 54.9 Å². The molecule has 2 N–H and O–H groups in total. The normalized spacial score (nSPS) is 12.9. The first-order valence-electron chi connectivity index (χ1n) is 8.06. The number of hydrogen-bond acceptors (Lipinski definition) is 3. The Hall–Kier alpha value is -2.17. The quantitative estimate of drug-likeness (QED) is 0.736. The van der Waals surface area contributed by atoms with Crippen molar-refractivity contribution in [3.63, 3.8) is 0 Å². The highest BCUT2D eigenvalue weighted by Gasteiger charge is 2.14. The first kappa shape index (κ1) is 15.7. The molecule has 0 saturated carbocycles. The van der Waals surface area contributed by atoms with Crippen molar-refractivity contribution < 1.29 is 5.11 Å². The fourth-order valence-electron chi connectivity index (χ4n) is 2.98. The summed E-state index contributed by atoms with van der Waals surface area (Å²) < 4.78 is 2.12. The molecule has 0 fully saturated rings. The van der Waals surface area contributed by atoms with Crippen molar-refractivity contribution >= 4 is 11.0 Å². The second kappa shape index (κ2) is 6.94. The van der Waals surface area contributed by atoms with Gasteiger partial charge in [0, 0.05) is 12.1 Å². The molecule has 1 heterocycles. The molecular weight excluding hydrogens is 286 g/mol. The van der Waals surface area contributed by atoms with Crippen molar-refractivity contribution in [3.05, 3.63) is 60.4 Å². The molecule has 0 spiro atoms. The second-order valence-electron chi connectivity index (χ2n) is 6.14. The van der Waals surface area contributed by atoms with E-state index in [0.29, 0.717) is 6.04 Å². The summed E-state index contributed by atoms with van der Waals surface area (Å²) in [7, 11) is 0. The minimum Gasteiger partial charge on any atom is -0.395 e. The molecule has 3 rings (SSSR count). The van der Waals surface area contributed by atoms with Gasteiger partial charge in [-0.2, -0.15) is 0 Å². The molecule has 4 heteroatoms. The predicted octanol–water partition coefficient (Wildman–Crippen LogP) is 2.93. The van der Waals surface area contributed by atoms with Gasteiger partial charge < -0.3 is 10.4 Å². The Kier molecular flexibility index (Phi) is 4.74. The Labute approximate surface area is 136 Å². The van der Waals surface area contributed by atoms with E-state index in [9.17, 15) is 5.11 Å². The van der Waals surface area contributed by atoms with E-state index in [2.05, 4.69) is 46.9 Å². The average molecular weight is 309 g/mol. The molecule has 0 aliphatic rings. The lowest BCUT2D eigenvalue weighted by atomic mass is 10.0. The Balaban J connectivity index is 1.98. The highest BCUT2D eigenvalue weighted by Crippen LogP contribution is 2.22. The molecule has 120 valence electrons. The number of aliphatic hydroxyl groups is 1. The number of fused-ring (bicyclic) bond motifs is 1. The van der Waals surface area contributed by atoms with Gasteiger partial charge in [-0.1, -0.05) is 44.2 Å². The molecule has 0 saturated heterocycles. The van der Waals surface area contributed by atoms with Crippen LogP contribution < -0.4 is 5.32 Å². The van der Waals surface area contributed by atoms with Gasteiger partial charge in [0.15, 0.2) is 0 Å². The van der Waals surface area contributed by atoms with Crippen LogP contribution in [0.3, 0.4) is 0 Å². The Morgan fingerprint density at radius 2 is 1.83 bits per heavy atom. The first-order valence-corrected chi connectivity index (χ1v) is 8.06. The summed E-state index contributed by atoms with van der Waals surface area (Å²) in [4.78, 5) is 4.48.